The van der Waals surface area contributed by atoms with Crippen LogP contribution in [0.3, 0.4) is 0 Å². The quantitative estimate of drug-likeness (QED) is 0.178. The van der Waals surface area contributed by atoms with Crippen molar-refractivity contribution in [3.05, 3.63) is 57.7 Å². The highest BCUT2D eigenvalue weighted by molar-refractivity contribution is 7.99. The Morgan fingerprint density at radius 3 is 2.38 bits per heavy atom. The second-order valence-electron chi connectivity index (χ2n) is 9.02. The summed E-state index contributed by atoms with van der Waals surface area (Å²) in [6, 6.07) is 8.57. The maximum Gasteiger partial charge on any atom is 0.341 e. The van der Waals surface area contributed by atoms with E-state index in [0.29, 0.717) is 33.5 Å². The summed E-state index contributed by atoms with van der Waals surface area (Å²) in [6.07, 6.45) is 0. The third-order valence-electron chi connectivity index (χ3n) is 5.86. The van der Waals surface area contributed by atoms with Crippen molar-refractivity contribution in [1.29, 1.82) is 0 Å². The number of ketones is 1. The number of nitrogens with one attached hydrogen (secondary N) is 2. The van der Waals surface area contributed by atoms with Crippen LogP contribution in [-0.4, -0.2) is 50.7 Å². The van der Waals surface area contributed by atoms with Crippen molar-refractivity contribution < 1.29 is 23.9 Å². The zero-order chi connectivity index (χ0) is 28.7. The molecular formula is C27H33N5O5S2. The Hall–Kier alpha value is -3.51. The fourth-order valence-corrected chi connectivity index (χ4v) is 5.87. The van der Waals surface area contributed by atoms with Gasteiger partial charge in [0, 0.05) is 12.1 Å². The maximum absolute atomic E-state index is 12.9. The van der Waals surface area contributed by atoms with Gasteiger partial charge in [-0.1, -0.05) is 43.8 Å². The summed E-state index contributed by atoms with van der Waals surface area (Å²) < 4.78 is 7.01. The van der Waals surface area contributed by atoms with Gasteiger partial charge in [0.15, 0.2) is 16.8 Å². The van der Waals surface area contributed by atoms with Crippen LogP contribution in [0.5, 0.6) is 0 Å². The molecule has 0 aliphatic rings. The van der Waals surface area contributed by atoms with E-state index in [-0.39, 0.29) is 52.5 Å². The molecular weight excluding hydrogens is 538 g/mol. The molecule has 1 atom stereocenters. The zero-order valence-electron chi connectivity index (χ0n) is 22.9. The largest absolute Gasteiger partial charge is 0.462 e. The smallest absolute Gasteiger partial charge is 0.341 e. The van der Waals surface area contributed by atoms with Crippen LogP contribution >= 0.6 is 23.1 Å². The third-order valence-corrected chi connectivity index (χ3v) is 8.14. The van der Waals surface area contributed by atoms with Gasteiger partial charge in [0.1, 0.15) is 5.00 Å². The van der Waals surface area contributed by atoms with Crippen molar-refractivity contribution in [2.24, 2.45) is 5.92 Å². The molecule has 3 rings (SSSR count). The van der Waals surface area contributed by atoms with Crippen LogP contribution in [0, 0.1) is 12.8 Å². The van der Waals surface area contributed by atoms with Crippen LogP contribution in [0.25, 0.3) is 0 Å². The summed E-state index contributed by atoms with van der Waals surface area (Å²) in [5.74, 6) is -0.726. The molecule has 2 heterocycles. The van der Waals surface area contributed by atoms with E-state index in [0.717, 1.165) is 11.3 Å². The minimum atomic E-state index is -0.589. The van der Waals surface area contributed by atoms with Crippen molar-refractivity contribution in [3.8, 4) is 0 Å². The molecule has 2 aromatic heterocycles. The van der Waals surface area contributed by atoms with E-state index < -0.39 is 5.97 Å². The number of rotatable bonds is 12. The van der Waals surface area contributed by atoms with Gasteiger partial charge in [-0.25, -0.2) is 4.79 Å². The van der Waals surface area contributed by atoms with Gasteiger partial charge in [-0.3, -0.25) is 14.4 Å². The Labute approximate surface area is 235 Å². The van der Waals surface area contributed by atoms with Crippen LogP contribution < -0.4 is 10.6 Å². The monoisotopic (exact) mass is 571 g/mol. The molecule has 0 spiro atoms. The summed E-state index contributed by atoms with van der Waals surface area (Å²) in [5.41, 5.74) is 1.23. The highest BCUT2D eigenvalue weighted by Gasteiger charge is 2.28. The molecule has 0 fully saturated rings. The normalized spacial score (nSPS) is 11.8. The number of Topliss-reactive ketones (excluding diaryl/α,β-unsaturated/α-hetero) is 1. The minimum Gasteiger partial charge on any atom is -0.462 e. The fourth-order valence-electron chi connectivity index (χ4n) is 3.96. The van der Waals surface area contributed by atoms with Crippen molar-refractivity contribution in [2.75, 3.05) is 17.7 Å². The molecule has 1 aromatic carbocycles. The van der Waals surface area contributed by atoms with E-state index in [1.807, 2.05) is 43.5 Å². The molecule has 0 saturated heterocycles. The lowest BCUT2D eigenvalue weighted by molar-refractivity contribution is -0.113. The second kappa shape index (κ2) is 13.5. The summed E-state index contributed by atoms with van der Waals surface area (Å²) in [6.45, 7) is 11.4. The van der Waals surface area contributed by atoms with Gasteiger partial charge >= 0.3 is 5.97 Å². The highest BCUT2D eigenvalue weighted by atomic mass is 32.2. The number of hydrogen-bond donors (Lipinski definition) is 2. The van der Waals surface area contributed by atoms with Crippen molar-refractivity contribution >= 4 is 51.7 Å². The molecule has 2 N–H and O–H groups in total. The molecule has 0 unspecified atom stereocenters. The number of carbonyl (C=O) groups excluding carboxylic acids is 4. The second-order valence-corrected chi connectivity index (χ2v) is 11.0. The molecule has 208 valence electrons. The first-order valence-electron chi connectivity index (χ1n) is 12.6. The first kappa shape index (κ1) is 30.0. The lowest BCUT2D eigenvalue weighted by atomic mass is 10.0. The van der Waals surface area contributed by atoms with Crippen LogP contribution in [0.1, 0.15) is 82.4 Å². The van der Waals surface area contributed by atoms with E-state index in [4.69, 9.17) is 4.74 Å². The van der Waals surface area contributed by atoms with Gasteiger partial charge in [-0.05, 0) is 51.3 Å². The average Bonchev–Trinajstić information content (AvgIpc) is 3.46. The number of benzene rings is 1. The summed E-state index contributed by atoms with van der Waals surface area (Å²) in [5, 5.41) is 15.3. The van der Waals surface area contributed by atoms with E-state index in [2.05, 4.69) is 20.8 Å². The van der Waals surface area contributed by atoms with Gasteiger partial charge in [0.05, 0.1) is 28.8 Å². The minimum absolute atomic E-state index is 0.00449. The van der Waals surface area contributed by atoms with Gasteiger partial charge < -0.3 is 19.9 Å². The highest BCUT2D eigenvalue weighted by Crippen LogP contribution is 2.34. The Bertz CT molecular complexity index is 1350. The number of esters is 1. The molecule has 3 aromatic rings. The molecule has 39 heavy (non-hydrogen) atoms. The molecule has 0 aliphatic carbocycles. The predicted octanol–water partition coefficient (Wildman–Crippen LogP) is 4.91. The lowest BCUT2D eigenvalue weighted by Crippen LogP contribution is -2.33. The standard InChI is InChI=1S/C27H33N5O5S2/c1-7-32-23(21(15(3)4)29-24(35)18-12-10-9-11-13-18)30-31-27(32)38-14-19(34)28-25-20(26(36)37-8-2)16(5)22(39-25)17(6)33/h9-13,15,21H,7-8,14H2,1-6H3,(H,28,34)(H,29,35)/t21-/m0/s1. The Morgan fingerprint density at radius 1 is 1.10 bits per heavy atom. The Morgan fingerprint density at radius 2 is 1.79 bits per heavy atom. The summed E-state index contributed by atoms with van der Waals surface area (Å²) in [4.78, 5) is 50.7. The van der Waals surface area contributed by atoms with E-state index in [1.54, 1.807) is 26.0 Å². The topological polar surface area (TPSA) is 132 Å². The van der Waals surface area contributed by atoms with Crippen LogP contribution in [0.4, 0.5) is 5.00 Å². The number of hydrogen-bond acceptors (Lipinski definition) is 9. The number of amides is 2. The predicted molar refractivity (Wildman–Crippen MR) is 152 cm³/mol. The fraction of sp³-hybridized carbons (Fsp3) is 0.407. The van der Waals surface area contributed by atoms with Crippen molar-refractivity contribution in [3.63, 3.8) is 0 Å². The van der Waals surface area contributed by atoms with Gasteiger partial charge in [0.25, 0.3) is 5.91 Å². The maximum atomic E-state index is 12.9. The van der Waals surface area contributed by atoms with Gasteiger partial charge in [-0.2, -0.15) is 0 Å². The van der Waals surface area contributed by atoms with E-state index >= 15 is 0 Å². The van der Waals surface area contributed by atoms with E-state index in [9.17, 15) is 19.2 Å². The number of aromatic nitrogens is 3. The average molecular weight is 572 g/mol. The molecule has 0 radical (unpaired) electrons. The number of carbonyl (C=O) groups is 4. The van der Waals surface area contributed by atoms with Gasteiger partial charge in [0.2, 0.25) is 5.91 Å². The third kappa shape index (κ3) is 7.12. The Balaban J connectivity index is 1.76. The molecule has 0 aliphatic heterocycles. The zero-order valence-corrected chi connectivity index (χ0v) is 24.5. The molecule has 0 saturated carbocycles. The first-order chi connectivity index (χ1) is 18.6. The van der Waals surface area contributed by atoms with Crippen molar-refractivity contribution in [1.82, 2.24) is 20.1 Å². The number of ether oxygens (including phenoxy) is 1. The van der Waals surface area contributed by atoms with Crippen LogP contribution in [0.2, 0.25) is 0 Å². The molecule has 10 nitrogen and oxygen atoms in total. The SMILES string of the molecule is CCOC(=O)c1c(NC(=O)CSc2nnc([C@@H](NC(=O)c3ccccc3)C(C)C)n2CC)sc(C(C)=O)c1C. The number of nitrogens with zero attached hydrogens (tertiary/aromatic N) is 3. The number of anilines is 1. The molecule has 0 bridgehead atoms. The summed E-state index contributed by atoms with van der Waals surface area (Å²) >= 11 is 2.25. The Kier molecular flexibility index (Phi) is 10.4. The first-order valence-corrected chi connectivity index (χ1v) is 14.4. The van der Waals surface area contributed by atoms with Crippen LogP contribution in [-0.2, 0) is 16.1 Å². The van der Waals surface area contributed by atoms with Crippen molar-refractivity contribution in [2.45, 2.75) is 59.3 Å². The van der Waals surface area contributed by atoms with Crippen LogP contribution in [0.15, 0.2) is 35.5 Å². The van der Waals surface area contributed by atoms with E-state index in [1.165, 1.54) is 18.7 Å². The van der Waals surface area contributed by atoms with Gasteiger partial charge in [-0.15, -0.1) is 21.5 Å². The number of thioether (sulfide) groups is 1. The lowest BCUT2D eigenvalue weighted by Gasteiger charge is -2.22. The number of thiophene rings is 1. The molecule has 12 heteroatoms. The summed E-state index contributed by atoms with van der Waals surface area (Å²) in [7, 11) is 0. The molecule has 2 amide bonds.